The van der Waals surface area contributed by atoms with Gasteiger partial charge in [-0.25, -0.2) is 0 Å². The van der Waals surface area contributed by atoms with Gasteiger partial charge in [0.05, 0.1) is 22.3 Å². The highest BCUT2D eigenvalue weighted by molar-refractivity contribution is 6.33. The van der Waals surface area contributed by atoms with Crippen LogP contribution in [0, 0.1) is 11.3 Å². The van der Waals surface area contributed by atoms with Crippen LogP contribution in [0.5, 0.6) is 0 Å². The Morgan fingerprint density at radius 2 is 2.00 bits per heavy atom. The van der Waals surface area contributed by atoms with Crippen LogP contribution in [0.2, 0.25) is 5.02 Å². The first-order valence-corrected chi connectivity index (χ1v) is 7.31. The number of halogens is 1. The maximum Gasteiger partial charge on any atom is 0.0992 e. The van der Waals surface area contributed by atoms with Gasteiger partial charge in [-0.1, -0.05) is 36.7 Å². The number of anilines is 2. The molecule has 0 atom stereocenters. The molecule has 0 spiro atoms. The molecular formula is C17H18ClN3. The van der Waals surface area contributed by atoms with E-state index in [1.165, 1.54) is 0 Å². The Kier molecular flexibility index (Phi) is 5.08. The average molecular weight is 300 g/mol. The van der Waals surface area contributed by atoms with Crippen molar-refractivity contribution in [3.8, 4) is 6.07 Å². The second-order valence-electron chi connectivity index (χ2n) is 4.90. The Bertz CT molecular complexity index is 661. The van der Waals surface area contributed by atoms with Crippen LogP contribution in [0.25, 0.3) is 0 Å². The van der Waals surface area contributed by atoms with Gasteiger partial charge in [0, 0.05) is 18.8 Å². The van der Waals surface area contributed by atoms with Gasteiger partial charge in [0.2, 0.25) is 0 Å². The second-order valence-corrected chi connectivity index (χ2v) is 5.31. The van der Waals surface area contributed by atoms with Crippen LogP contribution in [0.4, 0.5) is 11.4 Å². The van der Waals surface area contributed by atoms with Crippen LogP contribution in [0.3, 0.4) is 0 Å². The van der Waals surface area contributed by atoms with E-state index in [-0.39, 0.29) is 0 Å². The standard InChI is InChI=1S/C17H18ClN3/c1-2-9-21(12-14-5-3-4-6-16(14)20)17-8-7-13(11-19)10-15(17)18/h3-8,10H,2,9,12,20H2,1H3. The molecule has 0 fully saturated rings. The largest absolute Gasteiger partial charge is 0.398 e. The lowest BCUT2D eigenvalue weighted by atomic mass is 10.1. The van der Waals surface area contributed by atoms with Crippen LogP contribution in [0.15, 0.2) is 42.5 Å². The summed E-state index contributed by atoms with van der Waals surface area (Å²) in [6.07, 6.45) is 1.00. The summed E-state index contributed by atoms with van der Waals surface area (Å²) in [7, 11) is 0. The highest BCUT2D eigenvalue weighted by Gasteiger charge is 2.12. The molecule has 0 saturated carbocycles. The molecule has 2 aromatic carbocycles. The fourth-order valence-corrected chi connectivity index (χ4v) is 2.57. The summed E-state index contributed by atoms with van der Waals surface area (Å²) in [5, 5.41) is 9.52. The SMILES string of the molecule is CCCN(Cc1ccccc1N)c1ccc(C#N)cc1Cl. The molecule has 2 aromatic rings. The maximum absolute atomic E-state index is 8.93. The molecule has 4 heteroatoms. The molecule has 0 amide bonds. The van der Waals surface area contributed by atoms with Gasteiger partial charge in [-0.15, -0.1) is 0 Å². The van der Waals surface area contributed by atoms with Crippen molar-refractivity contribution in [2.24, 2.45) is 0 Å². The number of hydrogen-bond acceptors (Lipinski definition) is 3. The van der Waals surface area contributed by atoms with Crippen LogP contribution in [-0.4, -0.2) is 6.54 Å². The second kappa shape index (κ2) is 7.01. The van der Waals surface area contributed by atoms with Crippen molar-refractivity contribution in [3.63, 3.8) is 0 Å². The third-order valence-corrected chi connectivity index (χ3v) is 3.63. The van der Waals surface area contributed by atoms with Crippen molar-refractivity contribution in [1.82, 2.24) is 0 Å². The van der Waals surface area contributed by atoms with Crippen molar-refractivity contribution in [3.05, 3.63) is 58.6 Å². The molecule has 0 aliphatic rings. The van der Waals surface area contributed by atoms with Crippen molar-refractivity contribution in [1.29, 1.82) is 5.26 Å². The van der Waals surface area contributed by atoms with E-state index in [1.807, 2.05) is 30.3 Å². The smallest absolute Gasteiger partial charge is 0.0992 e. The lowest BCUT2D eigenvalue weighted by Crippen LogP contribution is -2.24. The molecule has 2 N–H and O–H groups in total. The van der Waals surface area contributed by atoms with Crippen molar-refractivity contribution in [2.45, 2.75) is 19.9 Å². The highest BCUT2D eigenvalue weighted by atomic mass is 35.5. The van der Waals surface area contributed by atoms with Crippen molar-refractivity contribution >= 4 is 23.0 Å². The van der Waals surface area contributed by atoms with E-state index in [4.69, 9.17) is 22.6 Å². The molecule has 0 aromatic heterocycles. The van der Waals surface area contributed by atoms with E-state index in [0.29, 0.717) is 17.1 Å². The normalized spacial score (nSPS) is 10.1. The van der Waals surface area contributed by atoms with Crippen molar-refractivity contribution < 1.29 is 0 Å². The summed E-state index contributed by atoms with van der Waals surface area (Å²) < 4.78 is 0. The van der Waals surface area contributed by atoms with Crippen LogP contribution in [0.1, 0.15) is 24.5 Å². The van der Waals surface area contributed by atoms with E-state index in [1.54, 1.807) is 12.1 Å². The zero-order chi connectivity index (χ0) is 15.2. The molecule has 0 aliphatic carbocycles. The predicted octanol–water partition coefficient (Wildman–Crippen LogP) is 4.21. The quantitative estimate of drug-likeness (QED) is 0.841. The third-order valence-electron chi connectivity index (χ3n) is 3.33. The summed E-state index contributed by atoms with van der Waals surface area (Å²) in [6.45, 7) is 3.70. The molecule has 0 heterocycles. The lowest BCUT2D eigenvalue weighted by molar-refractivity contribution is 0.768. The number of para-hydroxylation sites is 1. The summed E-state index contributed by atoms with van der Waals surface area (Å²) in [6, 6.07) is 15.3. The first-order chi connectivity index (χ1) is 10.2. The summed E-state index contributed by atoms with van der Waals surface area (Å²) in [5.74, 6) is 0. The van der Waals surface area contributed by atoms with Crippen LogP contribution >= 0.6 is 11.6 Å². The summed E-state index contributed by atoms with van der Waals surface area (Å²) >= 11 is 6.32. The Morgan fingerprint density at radius 1 is 1.24 bits per heavy atom. The number of nitrogens with zero attached hydrogens (tertiary/aromatic N) is 2. The fraction of sp³-hybridized carbons (Fsp3) is 0.235. The highest BCUT2D eigenvalue weighted by Crippen LogP contribution is 2.29. The topological polar surface area (TPSA) is 53.0 Å². The molecule has 0 saturated heterocycles. The van der Waals surface area contributed by atoms with E-state index in [0.717, 1.165) is 29.9 Å². The van der Waals surface area contributed by atoms with Gasteiger partial charge in [-0.2, -0.15) is 5.26 Å². The molecule has 0 bridgehead atoms. The van der Waals surface area contributed by atoms with Crippen LogP contribution in [-0.2, 0) is 6.54 Å². The first kappa shape index (κ1) is 15.2. The average Bonchev–Trinajstić information content (AvgIpc) is 2.49. The minimum atomic E-state index is 0.569. The van der Waals surface area contributed by atoms with E-state index >= 15 is 0 Å². The van der Waals surface area contributed by atoms with E-state index < -0.39 is 0 Å². The first-order valence-electron chi connectivity index (χ1n) is 6.93. The number of nitrogen functional groups attached to an aromatic ring is 1. The molecular weight excluding hydrogens is 282 g/mol. The van der Waals surface area contributed by atoms with Gasteiger partial charge in [-0.05, 0) is 36.2 Å². The van der Waals surface area contributed by atoms with Crippen molar-refractivity contribution in [2.75, 3.05) is 17.2 Å². The van der Waals surface area contributed by atoms with Gasteiger partial charge in [0.15, 0.2) is 0 Å². The molecule has 3 nitrogen and oxygen atoms in total. The van der Waals surface area contributed by atoms with Gasteiger partial charge >= 0.3 is 0 Å². The lowest BCUT2D eigenvalue weighted by Gasteiger charge is -2.26. The Morgan fingerprint density at radius 3 is 2.62 bits per heavy atom. The van der Waals surface area contributed by atoms with Crippen LogP contribution < -0.4 is 10.6 Å². The number of nitrogens with two attached hydrogens (primary N) is 1. The van der Waals surface area contributed by atoms with Gasteiger partial charge in [0.1, 0.15) is 0 Å². The summed E-state index contributed by atoms with van der Waals surface area (Å²) in [4.78, 5) is 2.19. The molecule has 108 valence electrons. The molecule has 21 heavy (non-hydrogen) atoms. The number of nitriles is 1. The number of hydrogen-bond donors (Lipinski definition) is 1. The number of rotatable bonds is 5. The maximum atomic E-state index is 8.93. The Balaban J connectivity index is 2.31. The summed E-state index contributed by atoms with van der Waals surface area (Å²) in [5.41, 5.74) is 9.38. The predicted molar refractivity (Wildman–Crippen MR) is 88.4 cm³/mol. The zero-order valence-electron chi connectivity index (χ0n) is 12.0. The van der Waals surface area contributed by atoms with Gasteiger partial charge in [0.25, 0.3) is 0 Å². The van der Waals surface area contributed by atoms with E-state index in [9.17, 15) is 0 Å². The third kappa shape index (κ3) is 3.68. The fourth-order valence-electron chi connectivity index (χ4n) is 2.27. The Labute approximate surface area is 130 Å². The minimum absolute atomic E-state index is 0.569. The molecule has 0 aliphatic heterocycles. The monoisotopic (exact) mass is 299 g/mol. The van der Waals surface area contributed by atoms with Gasteiger partial charge < -0.3 is 10.6 Å². The van der Waals surface area contributed by atoms with E-state index in [2.05, 4.69) is 17.9 Å². The molecule has 0 unspecified atom stereocenters. The molecule has 0 radical (unpaired) electrons. The number of benzene rings is 2. The Hall–Kier alpha value is -2.18. The zero-order valence-corrected chi connectivity index (χ0v) is 12.8. The van der Waals surface area contributed by atoms with Gasteiger partial charge in [-0.3, -0.25) is 0 Å². The molecule has 2 rings (SSSR count). The minimum Gasteiger partial charge on any atom is -0.398 e.